The van der Waals surface area contributed by atoms with Crippen LogP contribution in [0.15, 0.2) is 24.3 Å². The molecule has 0 unspecified atom stereocenters. The number of hydrogen-bond donors (Lipinski definition) is 0. The standard InChI is InChI=1S/C14H24O2/c1-3-4-5-6-7-8-9-10-11-12-13-14(15)16-2/h5-6,12-13H,3-4,7-11H2,1-2H3. The summed E-state index contributed by atoms with van der Waals surface area (Å²) in [6.07, 6.45) is 16.1. The van der Waals surface area contributed by atoms with Gasteiger partial charge in [0.15, 0.2) is 0 Å². The Balaban J connectivity index is 3.21. The molecule has 0 N–H and O–H groups in total. The molecule has 0 aliphatic rings. The first-order valence-electron chi connectivity index (χ1n) is 6.20. The van der Waals surface area contributed by atoms with E-state index in [1.54, 1.807) is 0 Å². The second-order valence-electron chi connectivity index (χ2n) is 3.82. The van der Waals surface area contributed by atoms with Crippen molar-refractivity contribution < 1.29 is 9.53 Å². The van der Waals surface area contributed by atoms with Crippen LogP contribution >= 0.6 is 0 Å². The molecule has 16 heavy (non-hydrogen) atoms. The smallest absolute Gasteiger partial charge is 0.330 e. The summed E-state index contributed by atoms with van der Waals surface area (Å²) in [5, 5.41) is 0. The van der Waals surface area contributed by atoms with Crippen LogP contribution in [-0.2, 0) is 9.53 Å². The van der Waals surface area contributed by atoms with Crippen LogP contribution in [0.5, 0.6) is 0 Å². The van der Waals surface area contributed by atoms with E-state index >= 15 is 0 Å². The zero-order valence-electron chi connectivity index (χ0n) is 10.6. The van der Waals surface area contributed by atoms with Crippen molar-refractivity contribution in [2.75, 3.05) is 7.11 Å². The molecule has 0 saturated heterocycles. The maximum Gasteiger partial charge on any atom is 0.330 e. The van der Waals surface area contributed by atoms with Gasteiger partial charge in [0, 0.05) is 6.08 Å². The molecule has 0 atom stereocenters. The predicted molar refractivity (Wildman–Crippen MR) is 68.3 cm³/mol. The van der Waals surface area contributed by atoms with E-state index in [-0.39, 0.29) is 5.97 Å². The van der Waals surface area contributed by atoms with Crippen LogP contribution in [0, 0.1) is 0 Å². The summed E-state index contributed by atoms with van der Waals surface area (Å²) in [5.41, 5.74) is 0. The molecule has 92 valence electrons. The quantitative estimate of drug-likeness (QED) is 0.256. The fourth-order valence-corrected chi connectivity index (χ4v) is 1.35. The Kier molecular flexibility index (Phi) is 11.2. The van der Waals surface area contributed by atoms with Crippen molar-refractivity contribution in [3.63, 3.8) is 0 Å². The Morgan fingerprint density at radius 2 is 1.62 bits per heavy atom. The zero-order valence-corrected chi connectivity index (χ0v) is 10.6. The highest BCUT2D eigenvalue weighted by Gasteiger charge is 1.90. The van der Waals surface area contributed by atoms with Crippen molar-refractivity contribution in [3.05, 3.63) is 24.3 Å². The van der Waals surface area contributed by atoms with Crippen LogP contribution < -0.4 is 0 Å². The molecule has 0 aromatic heterocycles. The van der Waals surface area contributed by atoms with Crippen molar-refractivity contribution in [1.82, 2.24) is 0 Å². The van der Waals surface area contributed by atoms with Crippen molar-refractivity contribution in [3.8, 4) is 0 Å². The van der Waals surface area contributed by atoms with Crippen LogP contribution in [0.25, 0.3) is 0 Å². The average molecular weight is 224 g/mol. The monoisotopic (exact) mass is 224 g/mol. The largest absolute Gasteiger partial charge is 0.466 e. The Hall–Kier alpha value is -1.05. The summed E-state index contributed by atoms with van der Waals surface area (Å²) in [6, 6.07) is 0. The molecule has 0 amide bonds. The van der Waals surface area contributed by atoms with E-state index in [9.17, 15) is 4.79 Å². The number of hydrogen-bond acceptors (Lipinski definition) is 2. The number of rotatable bonds is 9. The van der Waals surface area contributed by atoms with Gasteiger partial charge in [0.05, 0.1) is 7.11 Å². The van der Waals surface area contributed by atoms with E-state index in [4.69, 9.17) is 0 Å². The average Bonchev–Trinajstić information content (AvgIpc) is 2.31. The van der Waals surface area contributed by atoms with Crippen LogP contribution in [0.4, 0.5) is 0 Å². The molecule has 0 aromatic rings. The van der Waals surface area contributed by atoms with Gasteiger partial charge in [-0.15, -0.1) is 0 Å². The summed E-state index contributed by atoms with van der Waals surface area (Å²) in [5.74, 6) is -0.262. The second kappa shape index (κ2) is 12.0. The maximum atomic E-state index is 10.7. The van der Waals surface area contributed by atoms with Gasteiger partial charge in [-0.1, -0.05) is 38.0 Å². The van der Waals surface area contributed by atoms with Crippen LogP contribution in [0.3, 0.4) is 0 Å². The zero-order chi connectivity index (χ0) is 12.1. The highest BCUT2D eigenvalue weighted by molar-refractivity contribution is 5.81. The third kappa shape index (κ3) is 11.0. The minimum Gasteiger partial charge on any atom is -0.466 e. The van der Waals surface area contributed by atoms with E-state index in [0.717, 1.165) is 12.8 Å². The third-order valence-corrected chi connectivity index (χ3v) is 2.32. The molecule has 2 heteroatoms. The molecule has 0 aromatic carbocycles. The second-order valence-corrected chi connectivity index (χ2v) is 3.82. The van der Waals surface area contributed by atoms with E-state index in [0.29, 0.717) is 0 Å². The predicted octanol–water partition coefficient (Wildman–Crippen LogP) is 4.02. The van der Waals surface area contributed by atoms with Crippen molar-refractivity contribution in [1.29, 1.82) is 0 Å². The molecule has 0 aliphatic carbocycles. The van der Waals surface area contributed by atoms with Gasteiger partial charge in [-0.2, -0.15) is 0 Å². The fourth-order valence-electron chi connectivity index (χ4n) is 1.35. The van der Waals surface area contributed by atoms with Crippen LogP contribution in [0.2, 0.25) is 0 Å². The number of carbonyl (C=O) groups excluding carboxylic acids is 1. The van der Waals surface area contributed by atoms with Gasteiger partial charge in [0.25, 0.3) is 0 Å². The Bertz CT molecular complexity index is 217. The van der Waals surface area contributed by atoms with Gasteiger partial charge in [0.1, 0.15) is 0 Å². The summed E-state index contributed by atoms with van der Waals surface area (Å²) < 4.78 is 4.50. The molecule has 0 aliphatic heterocycles. The minimum absolute atomic E-state index is 0.262. The van der Waals surface area contributed by atoms with Gasteiger partial charge >= 0.3 is 5.97 Å². The van der Waals surface area contributed by atoms with Crippen molar-refractivity contribution >= 4 is 5.97 Å². The lowest BCUT2D eigenvalue weighted by molar-refractivity contribution is -0.134. The molecule has 0 saturated carbocycles. The Morgan fingerprint density at radius 3 is 2.25 bits per heavy atom. The van der Waals surface area contributed by atoms with E-state index in [1.807, 2.05) is 6.08 Å². The molecule has 0 fully saturated rings. The molecule has 0 rings (SSSR count). The first-order chi connectivity index (χ1) is 7.81. The van der Waals surface area contributed by atoms with Crippen molar-refractivity contribution in [2.24, 2.45) is 0 Å². The first kappa shape index (κ1) is 14.9. The lowest BCUT2D eigenvalue weighted by Gasteiger charge is -1.95. The Labute approximate surface area is 99.4 Å². The number of ether oxygens (including phenoxy) is 1. The normalized spacial score (nSPS) is 11.4. The summed E-state index contributed by atoms with van der Waals surface area (Å²) in [6.45, 7) is 2.19. The summed E-state index contributed by atoms with van der Waals surface area (Å²) in [7, 11) is 1.40. The SMILES string of the molecule is CCCC=CCCCCCC=CC(=O)OC. The lowest BCUT2D eigenvalue weighted by atomic mass is 10.1. The molecular formula is C14H24O2. The number of allylic oxidation sites excluding steroid dienone is 3. The topological polar surface area (TPSA) is 26.3 Å². The first-order valence-corrected chi connectivity index (χ1v) is 6.20. The van der Waals surface area contributed by atoms with E-state index in [1.165, 1.54) is 45.3 Å². The summed E-state index contributed by atoms with van der Waals surface area (Å²) in [4.78, 5) is 10.7. The fraction of sp³-hybridized carbons (Fsp3) is 0.643. The summed E-state index contributed by atoms with van der Waals surface area (Å²) >= 11 is 0. The van der Waals surface area contributed by atoms with E-state index < -0.39 is 0 Å². The molecule has 2 nitrogen and oxygen atoms in total. The highest BCUT2D eigenvalue weighted by Crippen LogP contribution is 2.05. The third-order valence-electron chi connectivity index (χ3n) is 2.32. The van der Waals surface area contributed by atoms with Gasteiger partial charge in [0.2, 0.25) is 0 Å². The van der Waals surface area contributed by atoms with Gasteiger partial charge in [-0.05, 0) is 32.1 Å². The van der Waals surface area contributed by atoms with Crippen LogP contribution in [0.1, 0.15) is 51.9 Å². The maximum absolute atomic E-state index is 10.7. The number of esters is 1. The number of carbonyl (C=O) groups is 1. The Morgan fingerprint density at radius 1 is 1.00 bits per heavy atom. The highest BCUT2D eigenvalue weighted by atomic mass is 16.5. The van der Waals surface area contributed by atoms with Gasteiger partial charge in [-0.3, -0.25) is 0 Å². The lowest BCUT2D eigenvalue weighted by Crippen LogP contribution is -1.93. The molecule has 0 bridgehead atoms. The van der Waals surface area contributed by atoms with Crippen molar-refractivity contribution in [2.45, 2.75) is 51.9 Å². The van der Waals surface area contributed by atoms with E-state index in [2.05, 4.69) is 23.8 Å². The van der Waals surface area contributed by atoms with Gasteiger partial charge < -0.3 is 4.74 Å². The number of unbranched alkanes of at least 4 members (excludes halogenated alkanes) is 5. The molecule has 0 spiro atoms. The number of methoxy groups -OCH3 is 1. The van der Waals surface area contributed by atoms with Gasteiger partial charge in [-0.25, -0.2) is 4.79 Å². The molecule has 0 radical (unpaired) electrons. The molecular weight excluding hydrogens is 200 g/mol. The minimum atomic E-state index is -0.262. The molecule has 0 heterocycles. The van der Waals surface area contributed by atoms with Crippen LogP contribution in [-0.4, -0.2) is 13.1 Å².